The molecule has 0 aliphatic heterocycles. The van der Waals surface area contributed by atoms with Gasteiger partial charge in [0.15, 0.2) is 5.82 Å². The van der Waals surface area contributed by atoms with Gasteiger partial charge >= 0.3 is 0 Å². The third kappa shape index (κ3) is 2.32. The molecule has 1 radical (unpaired) electrons. The van der Waals surface area contributed by atoms with Crippen LogP contribution < -0.4 is 4.74 Å². The Balaban J connectivity index is 2.07. The molecule has 0 unspecified atom stereocenters. The Labute approximate surface area is 113 Å². The standard InChI is InChI=1S/C12H10N5OS/c1-2-18-11-9(10-14-7-15-17-10)19-12(16-11)8-3-5-13-6-4-8/h3-5,7H,2H2,1H3,(H,14,15,17). The Bertz CT molecular complexity index is 650. The number of H-pyrrole nitrogens is 1. The topological polar surface area (TPSA) is 76.6 Å². The SMILES string of the molecule is CCOc1nc(-c2c[c]ncc2)sc1-c1nc[nH]n1. The van der Waals surface area contributed by atoms with Gasteiger partial charge in [0, 0.05) is 11.8 Å². The molecule has 0 saturated heterocycles. The highest BCUT2D eigenvalue weighted by molar-refractivity contribution is 7.18. The molecule has 19 heavy (non-hydrogen) atoms. The Kier molecular flexibility index (Phi) is 3.20. The van der Waals surface area contributed by atoms with Crippen molar-refractivity contribution in [2.24, 2.45) is 0 Å². The lowest BCUT2D eigenvalue weighted by Gasteiger charge is -1.98. The first-order chi connectivity index (χ1) is 9.38. The second kappa shape index (κ2) is 5.15. The molecular weight excluding hydrogens is 262 g/mol. The van der Waals surface area contributed by atoms with E-state index in [2.05, 4.69) is 31.3 Å². The summed E-state index contributed by atoms with van der Waals surface area (Å²) in [6.45, 7) is 2.46. The fourth-order valence-corrected chi connectivity index (χ4v) is 2.52. The number of aromatic amines is 1. The molecule has 3 aromatic rings. The van der Waals surface area contributed by atoms with Gasteiger partial charge in [-0.15, -0.1) is 11.3 Å². The number of hydrogen-bond donors (Lipinski definition) is 1. The van der Waals surface area contributed by atoms with Gasteiger partial charge in [-0.05, 0) is 19.1 Å². The minimum Gasteiger partial charge on any atom is -0.477 e. The number of ether oxygens (including phenoxy) is 1. The molecule has 0 saturated carbocycles. The minimum atomic E-state index is 0.545. The molecule has 3 aromatic heterocycles. The maximum atomic E-state index is 5.54. The predicted octanol–water partition coefficient (Wildman–Crippen LogP) is 2.19. The second-order valence-corrected chi connectivity index (χ2v) is 4.58. The number of rotatable bonds is 4. The first-order valence-electron chi connectivity index (χ1n) is 5.70. The minimum absolute atomic E-state index is 0.545. The van der Waals surface area contributed by atoms with Crippen LogP contribution in [0.1, 0.15) is 6.92 Å². The fraction of sp³-hybridized carbons (Fsp3) is 0.167. The van der Waals surface area contributed by atoms with E-state index >= 15 is 0 Å². The van der Waals surface area contributed by atoms with Gasteiger partial charge in [0.25, 0.3) is 0 Å². The van der Waals surface area contributed by atoms with E-state index in [0.717, 1.165) is 15.4 Å². The van der Waals surface area contributed by atoms with Crippen LogP contribution in [-0.2, 0) is 0 Å². The summed E-state index contributed by atoms with van der Waals surface area (Å²) in [7, 11) is 0. The van der Waals surface area contributed by atoms with Crippen LogP contribution in [0.15, 0.2) is 24.7 Å². The van der Waals surface area contributed by atoms with Crippen LogP contribution in [-0.4, -0.2) is 31.8 Å². The van der Waals surface area contributed by atoms with Gasteiger partial charge in [-0.3, -0.25) is 10.1 Å². The highest BCUT2D eigenvalue weighted by atomic mass is 32.1. The van der Waals surface area contributed by atoms with Crippen LogP contribution in [0, 0.1) is 6.20 Å². The molecule has 3 heterocycles. The van der Waals surface area contributed by atoms with E-state index in [-0.39, 0.29) is 0 Å². The van der Waals surface area contributed by atoms with Crippen LogP contribution >= 0.6 is 11.3 Å². The number of pyridine rings is 1. The van der Waals surface area contributed by atoms with Crippen molar-refractivity contribution in [1.82, 2.24) is 25.1 Å². The maximum Gasteiger partial charge on any atom is 0.236 e. The molecule has 0 fully saturated rings. The van der Waals surface area contributed by atoms with E-state index in [9.17, 15) is 0 Å². The van der Waals surface area contributed by atoms with Gasteiger partial charge in [0.2, 0.25) is 5.88 Å². The number of aromatic nitrogens is 5. The third-order valence-corrected chi connectivity index (χ3v) is 3.45. The molecule has 6 nitrogen and oxygen atoms in total. The largest absolute Gasteiger partial charge is 0.477 e. The molecule has 3 rings (SSSR count). The molecule has 0 aliphatic rings. The van der Waals surface area contributed by atoms with Gasteiger partial charge < -0.3 is 4.74 Å². The van der Waals surface area contributed by atoms with Crippen LogP contribution in [0.5, 0.6) is 5.88 Å². The molecule has 0 spiro atoms. The summed E-state index contributed by atoms with van der Waals surface area (Å²) >= 11 is 1.48. The molecule has 95 valence electrons. The van der Waals surface area contributed by atoms with Crippen molar-refractivity contribution in [3.05, 3.63) is 30.9 Å². The predicted molar refractivity (Wildman–Crippen MR) is 70.7 cm³/mol. The smallest absolute Gasteiger partial charge is 0.236 e. The average Bonchev–Trinajstić information content (AvgIpc) is 3.09. The van der Waals surface area contributed by atoms with Crippen LogP contribution in [0.25, 0.3) is 21.3 Å². The van der Waals surface area contributed by atoms with Crippen LogP contribution in [0.4, 0.5) is 0 Å². The monoisotopic (exact) mass is 272 g/mol. The van der Waals surface area contributed by atoms with E-state index in [0.29, 0.717) is 18.3 Å². The lowest BCUT2D eigenvalue weighted by molar-refractivity contribution is 0.330. The highest BCUT2D eigenvalue weighted by Gasteiger charge is 2.17. The lowest BCUT2D eigenvalue weighted by atomic mass is 10.3. The van der Waals surface area contributed by atoms with Crippen LogP contribution in [0.2, 0.25) is 0 Å². The van der Waals surface area contributed by atoms with Crippen molar-refractivity contribution < 1.29 is 4.74 Å². The normalized spacial score (nSPS) is 10.6. The van der Waals surface area contributed by atoms with Crippen molar-refractivity contribution in [3.8, 4) is 27.2 Å². The summed E-state index contributed by atoms with van der Waals surface area (Å²) < 4.78 is 5.54. The van der Waals surface area contributed by atoms with Crippen molar-refractivity contribution in [2.45, 2.75) is 6.92 Å². The summed E-state index contributed by atoms with van der Waals surface area (Å²) in [4.78, 5) is 13.3. The summed E-state index contributed by atoms with van der Waals surface area (Å²) in [5.41, 5.74) is 0.947. The molecule has 0 aromatic carbocycles. The second-order valence-electron chi connectivity index (χ2n) is 3.58. The van der Waals surface area contributed by atoms with Gasteiger partial charge in [-0.1, -0.05) is 0 Å². The Morgan fingerprint density at radius 1 is 1.47 bits per heavy atom. The molecule has 0 amide bonds. The summed E-state index contributed by atoms with van der Waals surface area (Å²) in [6, 6.07) is 3.67. The number of nitrogens with zero attached hydrogens (tertiary/aromatic N) is 4. The van der Waals surface area contributed by atoms with Gasteiger partial charge in [0.1, 0.15) is 16.2 Å². The van der Waals surface area contributed by atoms with Crippen molar-refractivity contribution >= 4 is 11.3 Å². The molecule has 0 aliphatic carbocycles. The van der Waals surface area contributed by atoms with Crippen LogP contribution in [0.3, 0.4) is 0 Å². The van der Waals surface area contributed by atoms with Crippen molar-refractivity contribution in [3.63, 3.8) is 0 Å². The van der Waals surface area contributed by atoms with E-state index in [4.69, 9.17) is 4.74 Å². The third-order valence-electron chi connectivity index (χ3n) is 2.37. The Morgan fingerprint density at radius 3 is 3.11 bits per heavy atom. The van der Waals surface area contributed by atoms with Gasteiger partial charge in [-0.25, -0.2) is 9.97 Å². The van der Waals surface area contributed by atoms with E-state index in [1.54, 1.807) is 12.3 Å². The average molecular weight is 272 g/mol. The molecule has 0 atom stereocenters. The highest BCUT2D eigenvalue weighted by Crippen LogP contribution is 2.37. The van der Waals surface area contributed by atoms with Crippen molar-refractivity contribution in [2.75, 3.05) is 6.61 Å². The van der Waals surface area contributed by atoms with E-state index < -0.39 is 0 Å². The van der Waals surface area contributed by atoms with E-state index in [1.165, 1.54) is 17.7 Å². The molecular formula is C12H10N5OS. The Hall–Kier alpha value is -2.28. The number of hydrogen-bond acceptors (Lipinski definition) is 6. The summed E-state index contributed by atoms with van der Waals surface area (Å²) in [5, 5.41) is 7.60. The zero-order valence-electron chi connectivity index (χ0n) is 10.1. The zero-order chi connectivity index (χ0) is 13.1. The van der Waals surface area contributed by atoms with Crippen molar-refractivity contribution in [1.29, 1.82) is 0 Å². The maximum absolute atomic E-state index is 5.54. The summed E-state index contributed by atoms with van der Waals surface area (Å²) in [6.07, 6.45) is 6.01. The lowest BCUT2D eigenvalue weighted by Crippen LogP contribution is -1.93. The first-order valence-corrected chi connectivity index (χ1v) is 6.52. The fourth-order valence-electron chi connectivity index (χ4n) is 1.57. The number of thiazole rings is 1. The van der Waals surface area contributed by atoms with Gasteiger partial charge in [0.05, 0.1) is 12.8 Å². The molecule has 1 N–H and O–H groups in total. The van der Waals surface area contributed by atoms with E-state index in [1.807, 2.05) is 13.0 Å². The summed E-state index contributed by atoms with van der Waals surface area (Å²) in [5.74, 6) is 1.14. The molecule has 0 bridgehead atoms. The first kappa shape index (κ1) is 11.8. The number of nitrogens with one attached hydrogen (secondary N) is 1. The Morgan fingerprint density at radius 2 is 2.42 bits per heavy atom. The quantitative estimate of drug-likeness (QED) is 0.787. The molecule has 7 heteroatoms. The van der Waals surface area contributed by atoms with Gasteiger partial charge in [-0.2, -0.15) is 5.10 Å². The zero-order valence-corrected chi connectivity index (χ0v) is 10.9.